The number of aromatic nitrogens is 5. The molecule has 2 aliphatic rings. The number of halogens is 1. The molecule has 2 fully saturated rings. The van der Waals surface area contributed by atoms with Crippen molar-refractivity contribution in [2.45, 2.75) is 77.5 Å². The van der Waals surface area contributed by atoms with Gasteiger partial charge in [0.15, 0.2) is 0 Å². The smallest absolute Gasteiger partial charge is 0.410 e. The fourth-order valence-corrected chi connectivity index (χ4v) is 6.07. The number of amides is 1. The molecule has 1 aliphatic carbocycles. The van der Waals surface area contributed by atoms with Crippen molar-refractivity contribution < 1.29 is 13.9 Å². The summed E-state index contributed by atoms with van der Waals surface area (Å²) in [5, 5.41) is 4.82. The van der Waals surface area contributed by atoms with Crippen LogP contribution in [0.25, 0.3) is 21.9 Å². The average molecular weight is 561 g/mol. The van der Waals surface area contributed by atoms with E-state index in [-0.39, 0.29) is 18.2 Å². The van der Waals surface area contributed by atoms with E-state index in [2.05, 4.69) is 32.1 Å². The molecule has 4 aromatic rings. The fraction of sp³-hybridized carbons (Fsp3) is 0.500. The van der Waals surface area contributed by atoms with E-state index in [1.165, 1.54) is 6.20 Å². The Bertz CT molecular complexity index is 1560. The Labute approximate surface area is 238 Å². The third-order valence-electron chi connectivity index (χ3n) is 8.03. The summed E-state index contributed by atoms with van der Waals surface area (Å²) in [7, 11) is 0. The summed E-state index contributed by atoms with van der Waals surface area (Å²) in [4.78, 5) is 34.7. The molecule has 0 unspecified atom stereocenters. The lowest BCUT2D eigenvalue weighted by atomic mass is 10.1. The van der Waals surface area contributed by atoms with Crippen molar-refractivity contribution in [1.29, 1.82) is 0 Å². The standard InChI is InChI=1S/C30H37FN8O2/c1-5-19-18-37(14-15-38(19)29(40)41-30(2,3)4)21-10-11-24(33-16-21)35-28-34-17-23-22-12-13-32-26(31)25(22)39(27(23)36-28)20-8-6-7-9-20/h10-13,16-17,19-20H,5-9,14-15,18H2,1-4H3,(H,33,34,35,36)/t19-/m0/s1. The van der Waals surface area contributed by atoms with Gasteiger partial charge in [-0.1, -0.05) is 19.8 Å². The Hall–Kier alpha value is -4.02. The first-order valence-corrected chi connectivity index (χ1v) is 14.5. The molecule has 0 spiro atoms. The van der Waals surface area contributed by atoms with Gasteiger partial charge in [-0.15, -0.1) is 0 Å². The van der Waals surface area contributed by atoms with Gasteiger partial charge in [-0.05, 0) is 58.2 Å². The third-order valence-corrected chi connectivity index (χ3v) is 8.03. The molecule has 1 atom stereocenters. The number of piperazine rings is 1. The van der Waals surface area contributed by atoms with Crippen LogP contribution in [0, 0.1) is 5.95 Å². The zero-order valence-electron chi connectivity index (χ0n) is 24.1. The van der Waals surface area contributed by atoms with Gasteiger partial charge in [0.05, 0.1) is 17.9 Å². The zero-order valence-corrected chi connectivity index (χ0v) is 24.1. The average Bonchev–Trinajstić information content (AvgIpc) is 3.59. The molecule has 1 amide bonds. The van der Waals surface area contributed by atoms with E-state index in [4.69, 9.17) is 9.72 Å². The Morgan fingerprint density at radius 2 is 1.88 bits per heavy atom. The summed E-state index contributed by atoms with van der Waals surface area (Å²) in [5.41, 5.74) is 1.67. The van der Waals surface area contributed by atoms with Gasteiger partial charge < -0.3 is 24.4 Å². The van der Waals surface area contributed by atoms with Crippen LogP contribution in [0.4, 0.5) is 26.6 Å². The monoisotopic (exact) mass is 560 g/mol. The summed E-state index contributed by atoms with van der Waals surface area (Å²) < 4.78 is 22.6. The molecule has 11 heteroatoms. The first kappa shape index (κ1) is 27.2. The normalized spacial score (nSPS) is 18.4. The summed E-state index contributed by atoms with van der Waals surface area (Å²) >= 11 is 0. The Balaban J connectivity index is 1.20. The molecule has 216 valence electrons. The van der Waals surface area contributed by atoms with Gasteiger partial charge in [0.2, 0.25) is 11.9 Å². The molecule has 1 N–H and O–H groups in total. The maximum Gasteiger partial charge on any atom is 0.410 e. The first-order valence-electron chi connectivity index (χ1n) is 14.5. The second-order valence-corrected chi connectivity index (χ2v) is 11.9. The second-order valence-electron chi connectivity index (χ2n) is 11.9. The van der Waals surface area contributed by atoms with Crippen molar-refractivity contribution >= 4 is 45.5 Å². The van der Waals surface area contributed by atoms with E-state index in [0.29, 0.717) is 42.6 Å². The van der Waals surface area contributed by atoms with Gasteiger partial charge in [-0.3, -0.25) is 0 Å². The lowest BCUT2D eigenvalue weighted by Gasteiger charge is -2.42. The van der Waals surface area contributed by atoms with Crippen molar-refractivity contribution in [3.8, 4) is 0 Å². The number of carbonyl (C=O) groups excluding carboxylic acids is 1. The minimum atomic E-state index is -0.520. The van der Waals surface area contributed by atoms with Crippen LogP contribution in [0.15, 0.2) is 36.8 Å². The maximum absolute atomic E-state index is 14.9. The first-order chi connectivity index (χ1) is 19.7. The van der Waals surface area contributed by atoms with Crippen LogP contribution >= 0.6 is 0 Å². The lowest BCUT2D eigenvalue weighted by Crippen LogP contribution is -2.56. The number of rotatable bonds is 5. The molecule has 1 saturated carbocycles. The van der Waals surface area contributed by atoms with Crippen LogP contribution in [0.3, 0.4) is 0 Å². The van der Waals surface area contributed by atoms with Gasteiger partial charge in [0.25, 0.3) is 0 Å². The highest BCUT2D eigenvalue weighted by molar-refractivity contribution is 6.06. The zero-order chi connectivity index (χ0) is 28.7. The van der Waals surface area contributed by atoms with Crippen LogP contribution in [0.2, 0.25) is 0 Å². The summed E-state index contributed by atoms with van der Waals surface area (Å²) in [5.74, 6) is 0.547. The second kappa shape index (κ2) is 10.8. The maximum atomic E-state index is 14.9. The highest BCUT2D eigenvalue weighted by atomic mass is 19.1. The number of hydrogen-bond donors (Lipinski definition) is 1. The van der Waals surface area contributed by atoms with Crippen molar-refractivity contribution in [3.05, 3.63) is 42.7 Å². The number of carbonyl (C=O) groups is 1. The fourth-order valence-electron chi connectivity index (χ4n) is 6.07. The van der Waals surface area contributed by atoms with Crippen molar-refractivity contribution in [3.63, 3.8) is 0 Å². The number of ether oxygens (including phenoxy) is 1. The van der Waals surface area contributed by atoms with Gasteiger partial charge >= 0.3 is 6.09 Å². The van der Waals surface area contributed by atoms with Crippen molar-refractivity contribution in [2.75, 3.05) is 29.9 Å². The molecule has 10 nitrogen and oxygen atoms in total. The Kier molecular flexibility index (Phi) is 7.13. The molecule has 0 bridgehead atoms. The lowest BCUT2D eigenvalue weighted by molar-refractivity contribution is 0.0136. The van der Waals surface area contributed by atoms with Crippen LogP contribution in [0.1, 0.15) is 65.8 Å². The van der Waals surface area contributed by atoms with E-state index in [1.54, 1.807) is 6.20 Å². The summed E-state index contributed by atoms with van der Waals surface area (Å²) in [6.45, 7) is 9.75. The predicted molar refractivity (Wildman–Crippen MR) is 157 cm³/mol. The quantitative estimate of drug-likeness (QED) is 0.288. The van der Waals surface area contributed by atoms with E-state index in [9.17, 15) is 9.18 Å². The highest BCUT2D eigenvalue weighted by Crippen LogP contribution is 2.38. The molecular weight excluding hydrogens is 523 g/mol. The third kappa shape index (κ3) is 5.37. The number of pyridine rings is 2. The summed E-state index contributed by atoms with van der Waals surface area (Å²) in [6.07, 6.45) is 9.87. The van der Waals surface area contributed by atoms with Crippen LogP contribution in [-0.4, -0.2) is 66.8 Å². The SMILES string of the molecule is CC[C@H]1CN(c2ccc(Nc3ncc4c5ccnc(F)c5n(C5CCCC5)c4n3)nc2)CCN1C(=O)OC(C)(C)C. The number of nitrogens with zero attached hydrogens (tertiary/aromatic N) is 7. The van der Waals surface area contributed by atoms with E-state index in [1.807, 2.05) is 54.6 Å². The molecule has 0 radical (unpaired) electrons. The van der Waals surface area contributed by atoms with Gasteiger partial charge in [0, 0.05) is 48.8 Å². The molecular formula is C30H37FN8O2. The molecule has 4 aromatic heterocycles. The van der Waals surface area contributed by atoms with E-state index >= 15 is 0 Å². The highest BCUT2D eigenvalue weighted by Gasteiger charge is 2.32. The van der Waals surface area contributed by atoms with E-state index in [0.717, 1.165) is 48.6 Å². The minimum Gasteiger partial charge on any atom is -0.444 e. The molecule has 6 rings (SSSR count). The predicted octanol–water partition coefficient (Wildman–Crippen LogP) is 6.21. The van der Waals surface area contributed by atoms with Crippen LogP contribution < -0.4 is 10.2 Å². The molecule has 41 heavy (non-hydrogen) atoms. The molecule has 5 heterocycles. The Morgan fingerprint density at radius 1 is 1.07 bits per heavy atom. The minimum absolute atomic E-state index is 0.0585. The summed E-state index contributed by atoms with van der Waals surface area (Å²) in [6, 6.07) is 6.00. The number of anilines is 3. The molecule has 1 saturated heterocycles. The van der Waals surface area contributed by atoms with Crippen molar-refractivity contribution in [1.82, 2.24) is 29.4 Å². The van der Waals surface area contributed by atoms with Crippen LogP contribution in [0.5, 0.6) is 0 Å². The van der Waals surface area contributed by atoms with Gasteiger partial charge in [-0.25, -0.2) is 19.7 Å². The molecule has 1 aliphatic heterocycles. The largest absolute Gasteiger partial charge is 0.444 e. The topological polar surface area (TPSA) is 101 Å². The number of nitrogens with one attached hydrogen (secondary N) is 1. The van der Waals surface area contributed by atoms with Gasteiger partial charge in [-0.2, -0.15) is 9.37 Å². The number of fused-ring (bicyclic) bond motifs is 3. The number of hydrogen-bond acceptors (Lipinski definition) is 8. The van der Waals surface area contributed by atoms with Gasteiger partial charge in [0.1, 0.15) is 22.6 Å². The van der Waals surface area contributed by atoms with Crippen LogP contribution in [-0.2, 0) is 4.74 Å². The van der Waals surface area contributed by atoms with E-state index < -0.39 is 11.5 Å². The Morgan fingerprint density at radius 3 is 2.59 bits per heavy atom. The van der Waals surface area contributed by atoms with Crippen molar-refractivity contribution in [2.24, 2.45) is 0 Å². The molecule has 0 aromatic carbocycles.